The minimum absolute atomic E-state index is 0.333. The molecule has 2 aliphatic rings. The molecule has 146 valence electrons. The van der Waals surface area contributed by atoms with E-state index in [0.717, 1.165) is 31.4 Å². The molecule has 2 aromatic rings. The number of aromatic nitrogens is 1. The van der Waals surface area contributed by atoms with Crippen LogP contribution in [0.3, 0.4) is 0 Å². The van der Waals surface area contributed by atoms with E-state index in [-0.39, 0.29) is 0 Å². The standard InChI is InChI=1S/C22H31N3OS/c26-21(16-23-18-8-4-2-1-3-5-9-18)25-14-12-17(13-15-25)22-24-19-10-6-7-11-20(19)27-22/h6-7,10-11,17-18,23H,1-5,8-9,12-16H2/p+1. The number of hydrogen-bond acceptors (Lipinski definition) is 3. The number of piperidine rings is 1. The summed E-state index contributed by atoms with van der Waals surface area (Å²) in [4.78, 5) is 19.6. The number of carbonyl (C=O) groups excluding carboxylic acids is 1. The summed E-state index contributed by atoms with van der Waals surface area (Å²) in [6, 6.07) is 9.05. The van der Waals surface area contributed by atoms with E-state index >= 15 is 0 Å². The third-order valence-corrected chi connectivity index (χ3v) is 7.48. The molecule has 1 saturated heterocycles. The fourth-order valence-electron chi connectivity index (χ4n) is 4.56. The predicted molar refractivity (Wildman–Crippen MR) is 111 cm³/mol. The van der Waals surface area contributed by atoms with E-state index in [1.54, 1.807) is 0 Å². The molecule has 4 nitrogen and oxygen atoms in total. The highest BCUT2D eigenvalue weighted by Crippen LogP contribution is 2.33. The highest BCUT2D eigenvalue weighted by Gasteiger charge is 2.27. The van der Waals surface area contributed by atoms with Crippen LogP contribution in [0, 0.1) is 0 Å². The Bertz CT molecular complexity index is 710. The van der Waals surface area contributed by atoms with Crippen LogP contribution in [0.5, 0.6) is 0 Å². The fourth-order valence-corrected chi connectivity index (χ4v) is 5.70. The molecular weight excluding hydrogens is 354 g/mol. The lowest BCUT2D eigenvalue weighted by molar-refractivity contribution is -0.681. The van der Waals surface area contributed by atoms with Crippen LogP contribution >= 0.6 is 11.3 Å². The summed E-state index contributed by atoms with van der Waals surface area (Å²) in [5, 5.41) is 3.58. The second-order valence-electron chi connectivity index (χ2n) is 8.22. The average Bonchev–Trinajstić information content (AvgIpc) is 3.11. The van der Waals surface area contributed by atoms with Crippen LogP contribution in [0.25, 0.3) is 10.2 Å². The summed E-state index contributed by atoms with van der Waals surface area (Å²) in [6.45, 7) is 2.41. The van der Waals surface area contributed by atoms with Crippen molar-refractivity contribution in [2.75, 3.05) is 19.6 Å². The average molecular weight is 387 g/mol. The van der Waals surface area contributed by atoms with Crippen molar-refractivity contribution in [3.05, 3.63) is 29.3 Å². The molecule has 27 heavy (non-hydrogen) atoms. The van der Waals surface area contributed by atoms with Gasteiger partial charge in [0.1, 0.15) is 0 Å². The number of nitrogens with two attached hydrogens (primary N) is 1. The van der Waals surface area contributed by atoms with E-state index in [0.29, 0.717) is 24.4 Å². The first-order chi connectivity index (χ1) is 13.3. The molecule has 1 aromatic carbocycles. The minimum atomic E-state index is 0.333. The van der Waals surface area contributed by atoms with Gasteiger partial charge in [0.2, 0.25) is 0 Å². The summed E-state index contributed by atoms with van der Waals surface area (Å²) < 4.78 is 1.28. The maximum Gasteiger partial charge on any atom is 0.277 e. The van der Waals surface area contributed by atoms with Gasteiger partial charge in [-0.25, -0.2) is 4.98 Å². The second kappa shape index (κ2) is 9.16. The summed E-state index contributed by atoms with van der Waals surface area (Å²) >= 11 is 1.83. The number of carbonyl (C=O) groups is 1. The molecule has 0 bridgehead atoms. The van der Waals surface area contributed by atoms with Gasteiger partial charge in [-0.15, -0.1) is 11.3 Å². The Morgan fingerprint density at radius 3 is 2.48 bits per heavy atom. The Morgan fingerprint density at radius 1 is 1.04 bits per heavy atom. The van der Waals surface area contributed by atoms with E-state index in [4.69, 9.17) is 4.98 Å². The zero-order valence-corrected chi connectivity index (χ0v) is 17.1. The van der Waals surface area contributed by atoms with Crippen molar-refractivity contribution in [2.24, 2.45) is 0 Å². The minimum Gasteiger partial charge on any atom is -0.338 e. The van der Waals surface area contributed by atoms with Crippen molar-refractivity contribution in [3.8, 4) is 0 Å². The van der Waals surface area contributed by atoms with Crippen molar-refractivity contribution in [1.29, 1.82) is 0 Å². The third-order valence-electron chi connectivity index (χ3n) is 6.28. The lowest BCUT2D eigenvalue weighted by atomic mass is 9.96. The van der Waals surface area contributed by atoms with Crippen LogP contribution in [0.1, 0.15) is 68.7 Å². The second-order valence-corrected chi connectivity index (χ2v) is 9.28. The normalized spacial score (nSPS) is 20.5. The first-order valence-electron chi connectivity index (χ1n) is 10.8. The number of nitrogens with zero attached hydrogens (tertiary/aromatic N) is 2. The zero-order chi connectivity index (χ0) is 18.5. The van der Waals surface area contributed by atoms with Crippen LogP contribution in [-0.2, 0) is 4.79 Å². The Morgan fingerprint density at radius 2 is 1.74 bits per heavy atom. The monoisotopic (exact) mass is 386 g/mol. The van der Waals surface area contributed by atoms with Gasteiger partial charge in [-0.1, -0.05) is 31.4 Å². The first kappa shape index (κ1) is 18.9. The molecular formula is C22H32N3OS+. The molecule has 0 unspecified atom stereocenters. The molecule has 2 heterocycles. The van der Waals surface area contributed by atoms with Gasteiger partial charge in [-0.3, -0.25) is 4.79 Å². The zero-order valence-electron chi connectivity index (χ0n) is 16.2. The smallest absolute Gasteiger partial charge is 0.277 e. The highest BCUT2D eigenvalue weighted by atomic mass is 32.1. The predicted octanol–water partition coefficient (Wildman–Crippen LogP) is 3.68. The Balaban J connectivity index is 1.25. The van der Waals surface area contributed by atoms with Crippen molar-refractivity contribution in [3.63, 3.8) is 0 Å². The van der Waals surface area contributed by atoms with E-state index in [1.165, 1.54) is 54.7 Å². The largest absolute Gasteiger partial charge is 0.338 e. The lowest BCUT2D eigenvalue weighted by Crippen LogP contribution is -2.92. The fraction of sp³-hybridized carbons (Fsp3) is 0.636. The number of rotatable bonds is 4. The third kappa shape index (κ3) is 4.88. The van der Waals surface area contributed by atoms with Gasteiger partial charge in [0.25, 0.3) is 5.91 Å². The molecule has 1 saturated carbocycles. The van der Waals surface area contributed by atoms with Gasteiger partial charge < -0.3 is 10.2 Å². The van der Waals surface area contributed by atoms with E-state index < -0.39 is 0 Å². The number of quaternary nitrogens is 1. The lowest BCUT2D eigenvalue weighted by Gasteiger charge is -2.31. The number of thiazole rings is 1. The van der Waals surface area contributed by atoms with E-state index in [1.807, 2.05) is 11.3 Å². The van der Waals surface area contributed by atoms with Crippen molar-refractivity contribution >= 4 is 27.5 Å². The summed E-state index contributed by atoms with van der Waals surface area (Å²) in [5.41, 5.74) is 1.12. The molecule has 0 spiro atoms. The molecule has 2 fully saturated rings. The van der Waals surface area contributed by atoms with Crippen LogP contribution in [0.2, 0.25) is 0 Å². The quantitative estimate of drug-likeness (QED) is 0.871. The van der Waals surface area contributed by atoms with Crippen molar-refractivity contribution in [1.82, 2.24) is 9.88 Å². The van der Waals surface area contributed by atoms with Crippen molar-refractivity contribution in [2.45, 2.75) is 69.7 Å². The highest BCUT2D eigenvalue weighted by molar-refractivity contribution is 7.18. The number of para-hydroxylation sites is 1. The first-order valence-corrected chi connectivity index (χ1v) is 11.6. The number of likely N-dealkylation sites (tertiary alicyclic amines) is 1. The van der Waals surface area contributed by atoms with Crippen LogP contribution < -0.4 is 5.32 Å². The van der Waals surface area contributed by atoms with Crippen molar-refractivity contribution < 1.29 is 10.1 Å². The number of benzene rings is 1. The summed E-state index contributed by atoms with van der Waals surface area (Å²) in [6.07, 6.45) is 11.5. The molecule has 0 radical (unpaired) electrons. The summed E-state index contributed by atoms with van der Waals surface area (Å²) in [7, 11) is 0. The molecule has 0 atom stereocenters. The SMILES string of the molecule is O=C(C[NH2+]C1CCCCCCC1)N1CCC(c2nc3ccccc3s2)CC1. The molecule has 4 rings (SSSR count). The molecule has 5 heteroatoms. The van der Waals surface area contributed by atoms with Crippen LogP contribution in [-0.4, -0.2) is 41.5 Å². The van der Waals surface area contributed by atoms with Gasteiger partial charge in [0.05, 0.1) is 21.3 Å². The molecule has 2 N–H and O–H groups in total. The number of fused-ring (bicyclic) bond motifs is 1. The maximum absolute atomic E-state index is 12.7. The number of amides is 1. The van der Waals surface area contributed by atoms with E-state index in [2.05, 4.69) is 34.5 Å². The Kier molecular flexibility index (Phi) is 6.40. The Hall–Kier alpha value is -1.46. The van der Waals surface area contributed by atoms with Gasteiger partial charge in [-0.05, 0) is 50.7 Å². The molecule has 1 aliphatic heterocycles. The summed E-state index contributed by atoms with van der Waals surface area (Å²) in [5.74, 6) is 0.848. The van der Waals surface area contributed by atoms with Gasteiger partial charge in [0, 0.05) is 19.0 Å². The number of hydrogen-bond donors (Lipinski definition) is 1. The van der Waals surface area contributed by atoms with Crippen LogP contribution in [0.15, 0.2) is 24.3 Å². The van der Waals surface area contributed by atoms with Gasteiger partial charge in [-0.2, -0.15) is 0 Å². The Labute approximate surface area is 166 Å². The molecule has 1 aliphatic carbocycles. The topological polar surface area (TPSA) is 49.8 Å². The molecule has 1 aromatic heterocycles. The van der Waals surface area contributed by atoms with Gasteiger partial charge in [0.15, 0.2) is 6.54 Å². The maximum atomic E-state index is 12.7. The van der Waals surface area contributed by atoms with E-state index in [9.17, 15) is 4.79 Å². The van der Waals surface area contributed by atoms with Crippen LogP contribution in [0.4, 0.5) is 0 Å². The molecule has 1 amide bonds. The van der Waals surface area contributed by atoms with Gasteiger partial charge >= 0.3 is 0 Å².